The standard InChI is InChI=1S/C18H22F2N2O3/c19-15-4-3-13(10-16(15)20)18(24)22-7-5-12(6-8-22)17(23)21-11-14-2-1-9-25-14/h3-4,10,12,14H,1-2,5-9,11H2,(H,21,23). The van der Waals surface area contributed by atoms with E-state index >= 15 is 0 Å². The van der Waals surface area contributed by atoms with Crippen molar-refractivity contribution in [2.24, 2.45) is 5.92 Å². The minimum absolute atomic E-state index is 0.00424. The zero-order valence-electron chi connectivity index (χ0n) is 14.0. The highest BCUT2D eigenvalue weighted by Crippen LogP contribution is 2.20. The Hall–Kier alpha value is -2.02. The van der Waals surface area contributed by atoms with Crippen LogP contribution in [0.1, 0.15) is 36.0 Å². The van der Waals surface area contributed by atoms with Crippen LogP contribution in [0.15, 0.2) is 18.2 Å². The summed E-state index contributed by atoms with van der Waals surface area (Å²) in [5, 5.41) is 2.93. The van der Waals surface area contributed by atoms with E-state index in [1.807, 2.05) is 0 Å². The van der Waals surface area contributed by atoms with Crippen molar-refractivity contribution in [3.8, 4) is 0 Å². The number of halogens is 2. The van der Waals surface area contributed by atoms with Gasteiger partial charge in [-0.05, 0) is 43.9 Å². The molecule has 25 heavy (non-hydrogen) atoms. The summed E-state index contributed by atoms with van der Waals surface area (Å²) >= 11 is 0. The second-order valence-electron chi connectivity index (χ2n) is 6.58. The van der Waals surface area contributed by atoms with Gasteiger partial charge in [0.25, 0.3) is 5.91 Å². The number of nitrogens with zero attached hydrogens (tertiary/aromatic N) is 1. The third-order valence-corrected chi connectivity index (χ3v) is 4.85. The minimum atomic E-state index is -1.03. The van der Waals surface area contributed by atoms with E-state index in [1.54, 1.807) is 4.90 Å². The molecule has 2 heterocycles. The molecule has 2 aliphatic heterocycles. The van der Waals surface area contributed by atoms with Gasteiger partial charge in [-0.15, -0.1) is 0 Å². The predicted octanol–water partition coefficient (Wildman–Crippen LogP) is 2.11. The smallest absolute Gasteiger partial charge is 0.253 e. The second kappa shape index (κ2) is 7.91. The number of carbonyl (C=O) groups is 2. The maximum atomic E-state index is 13.3. The molecule has 0 radical (unpaired) electrons. The van der Waals surface area contributed by atoms with E-state index < -0.39 is 11.6 Å². The van der Waals surface area contributed by atoms with Gasteiger partial charge in [-0.2, -0.15) is 0 Å². The van der Waals surface area contributed by atoms with Gasteiger partial charge in [-0.25, -0.2) is 8.78 Å². The third kappa shape index (κ3) is 4.34. The summed E-state index contributed by atoms with van der Waals surface area (Å²) in [6, 6.07) is 3.15. The second-order valence-corrected chi connectivity index (χ2v) is 6.58. The van der Waals surface area contributed by atoms with Crippen LogP contribution in [0.2, 0.25) is 0 Å². The van der Waals surface area contributed by atoms with E-state index in [1.165, 1.54) is 6.07 Å². The van der Waals surface area contributed by atoms with Crippen LogP contribution < -0.4 is 5.32 Å². The van der Waals surface area contributed by atoms with Gasteiger partial charge in [-0.3, -0.25) is 9.59 Å². The zero-order valence-corrected chi connectivity index (χ0v) is 14.0. The molecule has 1 atom stereocenters. The highest BCUT2D eigenvalue weighted by molar-refractivity contribution is 5.94. The summed E-state index contributed by atoms with van der Waals surface area (Å²) < 4.78 is 31.7. The van der Waals surface area contributed by atoms with Crippen molar-refractivity contribution in [2.75, 3.05) is 26.2 Å². The van der Waals surface area contributed by atoms with Crippen molar-refractivity contribution in [2.45, 2.75) is 31.8 Å². The summed E-state index contributed by atoms with van der Waals surface area (Å²) in [7, 11) is 0. The summed E-state index contributed by atoms with van der Waals surface area (Å²) in [6.45, 7) is 2.14. The van der Waals surface area contributed by atoms with E-state index in [0.717, 1.165) is 31.6 Å². The molecule has 3 rings (SSSR count). The van der Waals surface area contributed by atoms with Crippen LogP contribution in [-0.4, -0.2) is 49.1 Å². The maximum Gasteiger partial charge on any atom is 0.253 e. The summed E-state index contributed by atoms with van der Waals surface area (Å²) in [6.07, 6.45) is 3.24. The molecule has 1 aromatic carbocycles. The molecular formula is C18H22F2N2O3. The van der Waals surface area contributed by atoms with E-state index in [2.05, 4.69) is 5.32 Å². The number of carbonyl (C=O) groups excluding carboxylic acids is 2. The van der Waals surface area contributed by atoms with Crippen LogP contribution in [0.3, 0.4) is 0 Å². The number of piperidine rings is 1. The summed E-state index contributed by atoms with van der Waals surface area (Å²) in [5.41, 5.74) is 0.125. The van der Waals surface area contributed by atoms with Crippen molar-refractivity contribution in [1.29, 1.82) is 0 Å². The number of amides is 2. The minimum Gasteiger partial charge on any atom is -0.376 e. The monoisotopic (exact) mass is 352 g/mol. The molecule has 2 aliphatic rings. The molecule has 0 saturated carbocycles. The zero-order chi connectivity index (χ0) is 17.8. The molecule has 136 valence electrons. The van der Waals surface area contributed by atoms with E-state index in [0.29, 0.717) is 32.5 Å². The Morgan fingerprint density at radius 3 is 2.56 bits per heavy atom. The number of benzene rings is 1. The number of ether oxygens (including phenoxy) is 1. The predicted molar refractivity (Wildman–Crippen MR) is 87.0 cm³/mol. The van der Waals surface area contributed by atoms with Crippen LogP contribution in [-0.2, 0) is 9.53 Å². The van der Waals surface area contributed by atoms with Gasteiger partial charge in [0.2, 0.25) is 5.91 Å². The van der Waals surface area contributed by atoms with Gasteiger partial charge in [-0.1, -0.05) is 0 Å². The lowest BCUT2D eigenvalue weighted by molar-refractivity contribution is -0.126. The Balaban J connectivity index is 1.48. The van der Waals surface area contributed by atoms with Gasteiger partial charge >= 0.3 is 0 Å². The van der Waals surface area contributed by atoms with Gasteiger partial charge in [0.05, 0.1) is 6.10 Å². The highest BCUT2D eigenvalue weighted by Gasteiger charge is 2.28. The summed E-state index contributed by atoms with van der Waals surface area (Å²) in [4.78, 5) is 26.2. The molecule has 2 saturated heterocycles. The molecule has 2 amide bonds. The van der Waals surface area contributed by atoms with Gasteiger partial charge < -0.3 is 15.0 Å². The van der Waals surface area contributed by atoms with Crippen molar-refractivity contribution >= 4 is 11.8 Å². The van der Waals surface area contributed by atoms with Gasteiger partial charge in [0, 0.05) is 37.7 Å². The first kappa shape index (κ1) is 17.8. The Kier molecular flexibility index (Phi) is 5.63. The lowest BCUT2D eigenvalue weighted by atomic mass is 9.95. The number of likely N-dealkylation sites (tertiary alicyclic amines) is 1. The molecule has 0 bridgehead atoms. The number of nitrogens with one attached hydrogen (secondary N) is 1. The highest BCUT2D eigenvalue weighted by atomic mass is 19.2. The Morgan fingerprint density at radius 2 is 1.92 bits per heavy atom. The van der Waals surface area contributed by atoms with Crippen LogP contribution in [0.4, 0.5) is 8.78 Å². The Labute approximate surface area is 145 Å². The van der Waals surface area contributed by atoms with Crippen molar-refractivity contribution in [3.05, 3.63) is 35.4 Å². The molecule has 0 spiro atoms. The molecule has 5 nitrogen and oxygen atoms in total. The molecular weight excluding hydrogens is 330 g/mol. The normalized spacial score (nSPS) is 21.4. The largest absolute Gasteiger partial charge is 0.376 e. The fraction of sp³-hybridized carbons (Fsp3) is 0.556. The first-order valence-corrected chi connectivity index (χ1v) is 8.68. The quantitative estimate of drug-likeness (QED) is 0.903. The van der Waals surface area contributed by atoms with Gasteiger partial charge in [0.1, 0.15) is 0 Å². The number of hydrogen-bond acceptors (Lipinski definition) is 3. The average molecular weight is 352 g/mol. The third-order valence-electron chi connectivity index (χ3n) is 4.85. The average Bonchev–Trinajstić information content (AvgIpc) is 3.15. The van der Waals surface area contributed by atoms with Crippen LogP contribution >= 0.6 is 0 Å². The molecule has 1 unspecified atom stereocenters. The Bertz CT molecular complexity index is 639. The van der Waals surface area contributed by atoms with E-state index in [9.17, 15) is 18.4 Å². The first-order valence-electron chi connectivity index (χ1n) is 8.68. The SMILES string of the molecule is O=C(NCC1CCCO1)C1CCN(C(=O)c2ccc(F)c(F)c2)CC1. The van der Waals surface area contributed by atoms with E-state index in [4.69, 9.17) is 4.74 Å². The number of rotatable bonds is 4. The van der Waals surface area contributed by atoms with Crippen LogP contribution in [0.5, 0.6) is 0 Å². The molecule has 0 aromatic heterocycles. The number of hydrogen-bond donors (Lipinski definition) is 1. The van der Waals surface area contributed by atoms with Crippen molar-refractivity contribution in [1.82, 2.24) is 10.2 Å². The lowest BCUT2D eigenvalue weighted by Gasteiger charge is -2.31. The molecule has 2 fully saturated rings. The van der Waals surface area contributed by atoms with E-state index in [-0.39, 0.29) is 29.4 Å². The van der Waals surface area contributed by atoms with Crippen molar-refractivity contribution < 1.29 is 23.1 Å². The summed E-state index contributed by atoms with van der Waals surface area (Å²) in [5.74, 6) is -2.48. The lowest BCUT2D eigenvalue weighted by Crippen LogP contribution is -2.44. The first-order chi connectivity index (χ1) is 12.0. The maximum absolute atomic E-state index is 13.3. The molecule has 1 aromatic rings. The van der Waals surface area contributed by atoms with Gasteiger partial charge in [0.15, 0.2) is 11.6 Å². The Morgan fingerprint density at radius 1 is 1.16 bits per heavy atom. The van der Waals surface area contributed by atoms with Crippen LogP contribution in [0, 0.1) is 17.6 Å². The molecule has 7 heteroatoms. The fourth-order valence-corrected chi connectivity index (χ4v) is 3.32. The molecule has 0 aliphatic carbocycles. The fourth-order valence-electron chi connectivity index (χ4n) is 3.32. The van der Waals surface area contributed by atoms with Crippen LogP contribution in [0.25, 0.3) is 0 Å². The van der Waals surface area contributed by atoms with Crippen molar-refractivity contribution in [3.63, 3.8) is 0 Å². The molecule has 1 N–H and O–H groups in total. The topological polar surface area (TPSA) is 58.6 Å².